The molecular formula is C27H25F3N6. The zero-order chi connectivity index (χ0) is 24.8. The standard InChI is InChI=1S/C27H25F3N6/c1-34-24-16-20(9-10-21(24)25(33-34)17-5-4-6-18(28)15-17)31-19-11-13-35(14-12-19)27-32-22-7-2-3-8-23(22)36(27)26(29)30/h2-10,15-16,19,26,31H,11-14H2,1H3. The highest BCUT2D eigenvalue weighted by atomic mass is 19.3. The first-order valence-electron chi connectivity index (χ1n) is 12.0. The minimum Gasteiger partial charge on any atom is -0.382 e. The fraction of sp³-hybridized carbons (Fsp3) is 0.259. The highest BCUT2D eigenvalue weighted by molar-refractivity contribution is 5.95. The van der Waals surface area contributed by atoms with Gasteiger partial charge in [0.15, 0.2) is 0 Å². The molecule has 3 heterocycles. The van der Waals surface area contributed by atoms with Crippen molar-refractivity contribution in [3.63, 3.8) is 0 Å². The van der Waals surface area contributed by atoms with E-state index in [1.807, 2.05) is 42.3 Å². The number of anilines is 2. The highest BCUT2D eigenvalue weighted by Gasteiger charge is 2.26. The van der Waals surface area contributed by atoms with Gasteiger partial charge in [-0.2, -0.15) is 13.9 Å². The van der Waals surface area contributed by atoms with Gasteiger partial charge >= 0.3 is 6.55 Å². The highest BCUT2D eigenvalue weighted by Crippen LogP contribution is 2.32. The van der Waals surface area contributed by atoms with Crippen LogP contribution < -0.4 is 10.2 Å². The quantitative estimate of drug-likeness (QED) is 0.319. The molecule has 0 radical (unpaired) electrons. The summed E-state index contributed by atoms with van der Waals surface area (Å²) in [7, 11) is 1.88. The molecule has 1 saturated heterocycles. The van der Waals surface area contributed by atoms with Gasteiger partial charge in [-0.25, -0.2) is 9.37 Å². The lowest BCUT2D eigenvalue weighted by molar-refractivity contribution is 0.0757. The lowest BCUT2D eigenvalue weighted by Gasteiger charge is -2.33. The number of hydrogen-bond donors (Lipinski definition) is 1. The predicted octanol–water partition coefficient (Wildman–Crippen LogP) is 6.21. The third kappa shape index (κ3) is 3.94. The molecule has 0 bridgehead atoms. The Labute approximate surface area is 206 Å². The molecule has 0 aliphatic carbocycles. The van der Waals surface area contributed by atoms with Gasteiger partial charge < -0.3 is 10.2 Å². The maximum atomic E-state index is 13.9. The third-order valence-electron chi connectivity index (χ3n) is 6.87. The van der Waals surface area contributed by atoms with E-state index >= 15 is 0 Å². The third-order valence-corrected chi connectivity index (χ3v) is 6.87. The van der Waals surface area contributed by atoms with Crippen molar-refractivity contribution in [2.45, 2.75) is 25.4 Å². The van der Waals surface area contributed by atoms with Crippen LogP contribution in [0.1, 0.15) is 19.4 Å². The van der Waals surface area contributed by atoms with E-state index in [9.17, 15) is 13.2 Å². The number of rotatable bonds is 5. The summed E-state index contributed by atoms with van der Waals surface area (Å²) in [5.74, 6) is 0.0332. The zero-order valence-electron chi connectivity index (χ0n) is 19.7. The monoisotopic (exact) mass is 490 g/mol. The summed E-state index contributed by atoms with van der Waals surface area (Å²) in [6.07, 6.45) is 1.59. The van der Waals surface area contributed by atoms with E-state index in [2.05, 4.69) is 15.4 Å². The van der Waals surface area contributed by atoms with Crippen LogP contribution in [0.4, 0.5) is 24.8 Å². The Hall–Kier alpha value is -4.01. The lowest BCUT2D eigenvalue weighted by atomic mass is 10.0. The summed E-state index contributed by atoms with van der Waals surface area (Å²) in [6.45, 7) is -1.39. The molecule has 1 N–H and O–H groups in total. The van der Waals surface area contributed by atoms with Gasteiger partial charge in [-0.3, -0.25) is 9.25 Å². The van der Waals surface area contributed by atoms with Crippen LogP contribution in [-0.4, -0.2) is 38.5 Å². The van der Waals surface area contributed by atoms with Crippen LogP contribution in [-0.2, 0) is 7.05 Å². The molecule has 0 spiro atoms. The fourth-order valence-electron chi connectivity index (χ4n) is 5.10. The molecular weight excluding hydrogens is 465 g/mol. The minimum atomic E-state index is -2.65. The molecule has 9 heteroatoms. The Morgan fingerprint density at radius 3 is 2.53 bits per heavy atom. The summed E-state index contributed by atoms with van der Waals surface area (Å²) in [6, 6.07) is 19.7. The number of hydrogen-bond acceptors (Lipinski definition) is 4. The van der Waals surface area contributed by atoms with Crippen LogP contribution in [0.5, 0.6) is 0 Å². The SMILES string of the molecule is Cn1nc(-c2cccc(F)c2)c2ccc(NC3CCN(c4nc5ccccc5n4C(F)F)CC3)cc21. The Balaban J connectivity index is 1.19. The molecule has 1 aliphatic heterocycles. The molecule has 36 heavy (non-hydrogen) atoms. The molecule has 1 fully saturated rings. The van der Waals surface area contributed by atoms with Crippen LogP contribution in [0.2, 0.25) is 0 Å². The number of alkyl halides is 2. The van der Waals surface area contributed by atoms with Crippen molar-refractivity contribution in [3.05, 3.63) is 72.5 Å². The first kappa shape index (κ1) is 22.5. The molecule has 0 atom stereocenters. The summed E-state index contributed by atoms with van der Waals surface area (Å²) in [5.41, 5.74) is 4.43. The molecule has 0 unspecified atom stereocenters. The maximum Gasteiger partial charge on any atom is 0.321 e. The van der Waals surface area contributed by atoms with Crippen molar-refractivity contribution in [2.75, 3.05) is 23.3 Å². The number of piperidine rings is 1. The Bertz CT molecular complexity index is 1550. The average Bonchev–Trinajstić information content (AvgIpc) is 3.43. The van der Waals surface area contributed by atoms with Crippen molar-refractivity contribution < 1.29 is 13.2 Å². The van der Waals surface area contributed by atoms with Crippen molar-refractivity contribution >= 4 is 33.6 Å². The first-order valence-corrected chi connectivity index (χ1v) is 12.0. The van der Waals surface area contributed by atoms with Crippen molar-refractivity contribution in [3.8, 4) is 11.3 Å². The van der Waals surface area contributed by atoms with E-state index < -0.39 is 6.55 Å². The molecule has 184 valence electrons. The van der Waals surface area contributed by atoms with Crippen molar-refractivity contribution in [2.24, 2.45) is 7.05 Å². The second-order valence-electron chi connectivity index (χ2n) is 9.17. The van der Waals surface area contributed by atoms with Crippen molar-refractivity contribution in [1.29, 1.82) is 0 Å². The first-order chi connectivity index (χ1) is 17.5. The van der Waals surface area contributed by atoms with Gasteiger partial charge in [-0.1, -0.05) is 24.3 Å². The van der Waals surface area contributed by atoms with E-state index in [0.717, 1.165) is 45.3 Å². The number of para-hydroxylation sites is 2. The molecule has 1 aliphatic rings. The molecule has 6 rings (SSSR count). The average molecular weight is 491 g/mol. The number of imidazole rings is 1. The van der Waals surface area contributed by atoms with E-state index in [4.69, 9.17) is 0 Å². The van der Waals surface area contributed by atoms with E-state index in [1.165, 1.54) is 12.1 Å². The van der Waals surface area contributed by atoms with E-state index in [0.29, 0.717) is 30.1 Å². The number of nitrogens with one attached hydrogen (secondary N) is 1. The molecule has 5 aromatic rings. The minimum absolute atomic E-state index is 0.207. The predicted molar refractivity (Wildman–Crippen MR) is 136 cm³/mol. The Kier molecular flexibility index (Phi) is 5.55. The number of halogens is 3. The van der Waals surface area contributed by atoms with Crippen LogP contribution in [0, 0.1) is 5.82 Å². The topological polar surface area (TPSA) is 50.9 Å². The number of nitrogens with zero attached hydrogens (tertiary/aromatic N) is 5. The second-order valence-corrected chi connectivity index (χ2v) is 9.17. The largest absolute Gasteiger partial charge is 0.382 e. The Morgan fingerprint density at radius 1 is 0.944 bits per heavy atom. The second kappa shape index (κ2) is 8.89. The van der Waals surface area contributed by atoms with Gasteiger partial charge in [0, 0.05) is 42.8 Å². The fourth-order valence-corrected chi connectivity index (χ4v) is 5.10. The van der Waals surface area contributed by atoms with Crippen LogP contribution in [0.3, 0.4) is 0 Å². The van der Waals surface area contributed by atoms with Crippen LogP contribution >= 0.6 is 0 Å². The molecule has 2 aromatic heterocycles. The summed E-state index contributed by atoms with van der Waals surface area (Å²) in [4.78, 5) is 6.44. The molecule has 0 saturated carbocycles. The van der Waals surface area contributed by atoms with Gasteiger partial charge in [0.05, 0.1) is 16.6 Å². The van der Waals surface area contributed by atoms with Gasteiger partial charge in [0.2, 0.25) is 5.95 Å². The molecule has 0 amide bonds. The van der Waals surface area contributed by atoms with Crippen LogP contribution in [0.15, 0.2) is 66.7 Å². The Morgan fingerprint density at radius 2 is 1.75 bits per heavy atom. The molecule has 3 aromatic carbocycles. The van der Waals surface area contributed by atoms with Gasteiger partial charge in [-0.05, 0) is 55.3 Å². The lowest BCUT2D eigenvalue weighted by Crippen LogP contribution is -2.40. The smallest absolute Gasteiger partial charge is 0.321 e. The number of benzene rings is 3. The van der Waals surface area contributed by atoms with Crippen molar-refractivity contribution in [1.82, 2.24) is 19.3 Å². The van der Waals surface area contributed by atoms with Crippen LogP contribution in [0.25, 0.3) is 33.2 Å². The van der Waals surface area contributed by atoms with E-state index in [1.54, 1.807) is 28.9 Å². The van der Waals surface area contributed by atoms with Gasteiger partial charge in [0.25, 0.3) is 0 Å². The summed E-state index contributed by atoms with van der Waals surface area (Å²) in [5, 5.41) is 9.16. The zero-order valence-corrected chi connectivity index (χ0v) is 19.7. The van der Waals surface area contributed by atoms with Gasteiger partial charge in [0.1, 0.15) is 11.5 Å². The normalized spacial score (nSPS) is 14.9. The summed E-state index contributed by atoms with van der Waals surface area (Å²) >= 11 is 0. The molecule has 6 nitrogen and oxygen atoms in total. The van der Waals surface area contributed by atoms with E-state index in [-0.39, 0.29) is 11.9 Å². The maximum absolute atomic E-state index is 13.9. The van der Waals surface area contributed by atoms with Gasteiger partial charge in [-0.15, -0.1) is 0 Å². The number of aryl methyl sites for hydroxylation is 1. The number of aromatic nitrogens is 4. The number of fused-ring (bicyclic) bond motifs is 2. The summed E-state index contributed by atoms with van der Waals surface area (Å²) < 4.78 is 44.3.